The minimum absolute atomic E-state index is 0.362. The minimum Gasteiger partial charge on any atom is -0.401 e. The molecule has 7 heteroatoms. The van der Waals surface area contributed by atoms with Crippen LogP contribution in [0.25, 0.3) is 16.9 Å². The highest BCUT2D eigenvalue weighted by molar-refractivity contribution is 5.71. The summed E-state index contributed by atoms with van der Waals surface area (Å²) in [5.74, 6) is 5.91. The van der Waals surface area contributed by atoms with Crippen molar-refractivity contribution in [2.24, 2.45) is 11.6 Å². The van der Waals surface area contributed by atoms with E-state index in [9.17, 15) is 4.39 Å². The van der Waals surface area contributed by atoms with Gasteiger partial charge >= 0.3 is 0 Å². The van der Waals surface area contributed by atoms with E-state index in [-0.39, 0.29) is 5.82 Å². The van der Waals surface area contributed by atoms with Crippen molar-refractivity contribution in [1.82, 2.24) is 14.5 Å². The Labute approximate surface area is 144 Å². The molecule has 1 aliphatic heterocycles. The molecule has 0 saturated carbocycles. The number of allylic oxidation sites excluding steroid dienone is 2. The molecule has 0 spiro atoms. The van der Waals surface area contributed by atoms with E-state index in [1.165, 1.54) is 17.1 Å². The van der Waals surface area contributed by atoms with E-state index in [1.807, 2.05) is 16.7 Å². The number of rotatable bonds is 1. The Bertz CT molecular complexity index is 972. The maximum Gasteiger partial charge on any atom is 0.125 e. The minimum atomic E-state index is -0.362. The zero-order valence-electron chi connectivity index (χ0n) is 13.6. The fourth-order valence-electron chi connectivity index (χ4n) is 3.11. The van der Waals surface area contributed by atoms with Crippen LogP contribution < -0.4 is 16.6 Å². The number of fused-ring (bicyclic) bond motifs is 3. The van der Waals surface area contributed by atoms with Gasteiger partial charge in [-0.1, -0.05) is 0 Å². The van der Waals surface area contributed by atoms with Crippen molar-refractivity contribution >= 4 is 5.69 Å². The van der Waals surface area contributed by atoms with Crippen LogP contribution in [0.4, 0.5) is 10.1 Å². The van der Waals surface area contributed by atoms with Crippen molar-refractivity contribution in [3.63, 3.8) is 0 Å². The second kappa shape index (κ2) is 5.71. The molecule has 0 amide bonds. The first-order valence-electron chi connectivity index (χ1n) is 7.83. The molecule has 0 saturated heterocycles. The molecule has 0 atom stereocenters. The van der Waals surface area contributed by atoms with Gasteiger partial charge in [0.2, 0.25) is 0 Å². The van der Waals surface area contributed by atoms with Crippen LogP contribution in [0.5, 0.6) is 0 Å². The number of benzene rings is 1. The van der Waals surface area contributed by atoms with Gasteiger partial charge in [0.05, 0.1) is 28.5 Å². The lowest BCUT2D eigenvalue weighted by molar-refractivity contribution is 0.627. The summed E-state index contributed by atoms with van der Waals surface area (Å²) in [6.45, 7) is 1.78. The zero-order valence-corrected chi connectivity index (χ0v) is 13.6. The van der Waals surface area contributed by atoms with Crippen molar-refractivity contribution in [3.05, 3.63) is 72.0 Å². The predicted molar refractivity (Wildman–Crippen MR) is 94.0 cm³/mol. The lowest BCUT2D eigenvalue weighted by Crippen LogP contribution is -2.32. The lowest BCUT2D eigenvalue weighted by Gasteiger charge is -2.22. The van der Waals surface area contributed by atoms with Crippen molar-refractivity contribution in [2.75, 3.05) is 5.01 Å². The largest absolute Gasteiger partial charge is 0.401 e. The molecule has 0 bridgehead atoms. The number of anilines is 1. The quantitative estimate of drug-likeness (QED) is 0.667. The third kappa shape index (κ3) is 2.45. The number of aromatic nitrogens is 3. The molecule has 6 nitrogen and oxygen atoms in total. The number of halogens is 1. The van der Waals surface area contributed by atoms with Crippen molar-refractivity contribution in [3.8, 4) is 16.9 Å². The second-order valence-electron chi connectivity index (χ2n) is 5.96. The fraction of sp³-hybridized carbons (Fsp3) is 0.111. The molecule has 4 rings (SSSR count). The number of imidazole rings is 1. The average Bonchev–Trinajstić information content (AvgIpc) is 2.98. The van der Waals surface area contributed by atoms with E-state index in [1.54, 1.807) is 31.7 Å². The molecule has 126 valence electrons. The molecule has 2 aromatic heterocycles. The van der Waals surface area contributed by atoms with Crippen LogP contribution in [0, 0.1) is 5.82 Å². The van der Waals surface area contributed by atoms with Gasteiger partial charge in [0.25, 0.3) is 0 Å². The molecule has 0 radical (unpaired) electrons. The Hall–Kier alpha value is -3.19. The Morgan fingerprint density at radius 2 is 2.08 bits per heavy atom. The normalized spacial score (nSPS) is 15.4. The standard InChI is InChI=1S/C18H17FN6/c1-11(20)15-8-17-18(12-3-2-6-22-9-12)23-10-24(17)14-5-4-13(19)7-16(14)25(15)21/h2-7,9-10H,8,20-21H2,1H3/b15-11-. The molecule has 4 N–H and O–H groups in total. The molecule has 0 aliphatic carbocycles. The van der Waals surface area contributed by atoms with Gasteiger partial charge in [-0.25, -0.2) is 15.2 Å². The van der Waals surface area contributed by atoms with Crippen LogP contribution in [0.3, 0.4) is 0 Å². The predicted octanol–water partition coefficient (Wildman–Crippen LogP) is 2.50. The summed E-state index contributed by atoms with van der Waals surface area (Å²) < 4.78 is 15.7. The third-order valence-electron chi connectivity index (χ3n) is 4.34. The van der Waals surface area contributed by atoms with E-state index in [0.29, 0.717) is 23.5 Å². The highest BCUT2D eigenvalue weighted by atomic mass is 19.1. The van der Waals surface area contributed by atoms with Crippen LogP contribution in [-0.2, 0) is 6.42 Å². The Morgan fingerprint density at radius 3 is 2.80 bits per heavy atom. The van der Waals surface area contributed by atoms with Crippen molar-refractivity contribution in [1.29, 1.82) is 0 Å². The summed E-state index contributed by atoms with van der Waals surface area (Å²) >= 11 is 0. The number of nitrogens with two attached hydrogens (primary N) is 2. The van der Waals surface area contributed by atoms with Crippen LogP contribution >= 0.6 is 0 Å². The highest BCUT2D eigenvalue weighted by Crippen LogP contribution is 2.36. The van der Waals surface area contributed by atoms with E-state index in [2.05, 4.69) is 9.97 Å². The number of pyridine rings is 1. The topological polar surface area (TPSA) is 86.0 Å². The van der Waals surface area contributed by atoms with Crippen LogP contribution in [0.2, 0.25) is 0 Å². The zero-order chi connectivity index (χ0) is 17.6. The first kappa shape index (κ1) is 15.3. The summed E-state index contributed by atoms with van der Waals surface area (Å²) in [5.41, 5.74) is 11.3. The number of hydrazine groups is 1. The van der Waals surface area contributed by atoms with E-state index in [0.717, 1.165) is 22.6 Å². The number of hydrogen-bond acceptors (Lipinski definition) is 5. The van der Waals surface area contributed by atoms with Gasteiger partial charge in [0.1, 0.15) is 12.1 Å². The third-order valence-corrected chi connectivity index (χ3v) is 4.34. The van der Waals surface area contributed by atoms with Crippen LogP contribution in [0.1, 0.15) is 12.6 Å². The van der Waals surface area contributed by atoms with Gasteiger partial charge in [0, 0.05) is 36.1 Å². The maximum atomic E-state index is 13.8. The van der Waals surface area contributed by atoms with Crippen molar-refractivity contribution < 1.29 is 4.39 Å². The Balaban J connectivity index is 2.01. The van der Waals surface area contributed by atoms with Crippen molar-refractivity contribution in [2.45, 2.75) is 13.3 Å². The lowest BCUT2D eigenvalue weighted by atomic mass is 10.1. The molecule has 25 heavy (non-hydrogen) atoms. The number of hydrogen-bond donors (Lipinski definition) is 2. The maximum absolute atomic E-state index is 13.8. The van der Waals surface area contributed by atoms with Gasteiger partial charge in [-0.2, -0.15) is 0 Å². The average molecular weight is 336 g/mol. The summed E-state index contributed by atoms with van der Waals surface area (Å²) in [6, 6.07) is 8.31. The first-order valence-corrected chi connectivity index (χ1v) is 7.83. The van der Waals surface area contributed by atoms with Gasteiger partial charge in [-0.15, -0.1) is 0 Å². The Morgan fingerprint density at radius 1 is 1.24 bits per heavy atom. The summed E-state index contributed by atoms with van der Waals surface area (Å²) in [5, 5.41) is 1.45. The molecule has 3 aromatic rings. The summed E-state index contributed by atoms with van der Waals surface area (Å²) in [4.78, 5) is 8.72. The highest BCUT2D eigenvalue weighted by Gasteiger charge is 2.26. The van der Waals surface area contributed by atoms with Gasteiger partial charge < -0.3 is 10.3 Å². The molecular weight excluding hydrogens is 319 g/mol. The SMILES string of the molecule is C/C(N)=C1\Cc2c(-c3cccnc3)ncn2-c2ccc(F)cc2N1N. The summed E-state index contributed by atoms with van der Waals surface area (Å²) in [7, 11) is 0. The van der Waals surface area contributed by atoms with Crippen LogP contribution in [0.15, 0.2) is 60.4 Å². The molecule has 0 fully saturated rings. The molecule has 1 aromatic carbocycles. The van der Waals surface area contributed by atoms with Gasteiger partial charge in [-0.3, -0.25) is 9.99 Å². The number of nitrogens with zero attached hydrogens (tertiary/aromatic N) is 4. The molecule has 1 aliphatic rings. The fourth-order valence-corrected chi connectivity index (χ4v) is 3.11. The van der Waals surface area contributed by atoms with Gasteiger partial charge in [-0.05, 0) is 31.2 Å². The van der Waals surface area contributed by atoms with Crippen LogP contribution in [-0.4, -0.2) is 14.5 Å². The van der Waals surface area contributed by atoms with E-state index >= 15 is 0 Å². The molecule has 3 heterocycles. The van der Waals surface area contributed by atoms with E-state index < -0.39 is 0 Å². The Kier molecular flexibility index (Phi) is 3.51. The molecular formula is C18H17FN6. The van der Waals surface area contributed by atoms with Gasteiger partial charge in [0.15, 0.2) is 0 Å². The first-order chi connectivity index (χ1) is 12.1. The molecule has 0 unspecified atom stereocenters. The second-order valence-corrected chi connectivity index (χ2v) is 5.96. The monoisotopic (exact) mass is 336 g/mol. The van der Waals surface area contributed by atoms with E-state index in [4.69, 9.17) is 11.6 Å². The smallest absolute Gasteiger partial charge is 0.125 e. The summed E-state index contributed by atoms with van der Waals surface area (Å²) in [6.07, 6.45) is 5.67.